The second-order valence-corrected chi connectivity index (χ2v) is 6.78. The van der Waals surface area contributed by atoms with Crippen LogP contribution in [0.1, 0.15) is 22.2 Å². The lowest BCUT2D eigenvalue weighted by Gasteiger charge is -2.32. The van der Waals surface area contributed by atoms with Gasteiger partial charge in [0, 0.05) is 17.1 Å². The number of nitrogens with zero attached hydrogens (tertiary/aromatic N) is 2. The van der Waals surface area contributed by atoms with Crippen molar-refractivity contribution < 1.29 is 13.9 Å². The average molecular weight is 386 g/mol. The third-order valence-electron chi connectivity index (χ3n) is 4.52. The van der Waals surface area contributed by atoms with Gasteiger partial charge in [0.05, 0.1) is 18.8 Å². The minimum absolute atomic E-state index is 0.147. The standard InChI is InChI=1S/C20H17ClFN3O2/c21-15-3-1-2-14(10-15)17-11-18(24-23-17)20(26)25-8-9-27-19(12-25)13-4-6-16(22)7-5-13/h1-7,10-11,19H,8-9,12H2,(H,23,24). The van der Waals surface area contributed by atoms with Crippen molar-refractivity contribution in [2.45, 2.75) is 6.10 Å². The zero-order chi connectivity index (χ0) is 18.8. The first-order valence-corrected chi connectivity index (χ1v) is 8.95. The summed E-state index contributed by atoms with van der Waals surface area (Å²) in [6.07, 6.45) is -0.279. The van der Waals surface area contributed by atoms with Gasteiger partial charge < -0.3 is 9.64 Å². The van der Waals surface area contributed by atoms with Crippen LogP contribution in [0, 0.1) is 5.82 Å². The first-order chi connectivity index (χ1) is 13.1. The molecule has 1 aromatic heterocycles. The molecular weight excluding hydrogens is 369 g/mol. The molecule has 1 saturated heterocycles. The molecule has 0 radical (unpaired) electrons. The van der Waals surface area contributed by atoms with E-state index in [4.69, 9.17) is 16.3 Å². The number of morpholine rings is 1. The van der Waals surface area contributed by atoms with Gasteiger partial charge in [0.15, 0.2) is 0 Å². The Labute approximate surface area is 160 Å². The average Bonchev–Trinajstić information content (AvgIpc) is 3.18. The van der Waals surface area contributed by atoms with Crippen LogP contribution in [0.25, 0.3) is 11.3 Å². The summed E-state index contributed by atoms with van der Waals surface area (Å²) in [5.74, 6) is -0.445. The van der Waals surface area contributed by atoms with E-state index in [1.54, 1.807) is 35.2 Å². The number of hydrogen-bond donors (Lipinski definition) is 1. The second kappa shape index (κ2) is 7.50. The molecule has 1 aliphatic heterocycles. The van der Waals surface area contributed by atoms with Gasteiger partial charge in [-0.25, -0.2) is 4.39 Å². The number of amides is 1. The smallest absolute Gasteiger partial charge is 0.272 e. The zero-order valence-electron chi connectivity index (χ0n) is 14.4. The molecule has 3 aromatic rings. The fraction of sp³-hybridized carbons (Fsp3) is 0.200. The molecule has 2 heterocycles. The van der Waals surface area contributed by atoms with Crippen molar-refractivity contribution in [1.29, 1.82) is 0 Å². The van der Waals surface area contributed by atoms with Crippen LogP contribution in [-0.4, -0.2) is 40.7 Å². The van der Waals surface area contributed by atoms with Gasteiger partial charge in [-0.1, -0.05) is 35.9 Å². The van der Waals surface area contributed by atoms with Gasteiger partial charge in [-0.05, 0) is 35.9 Å². The lowest BCUT2D eigenvalue weighted by molar-refractivity contribution is -0.0230. The molecule has 0 bridgehead atoms. The van der Waals surface area contributed by atoms with Crippen LogP contribution < -0.4 is 0 Å². The quantitative estimate of drug-likeness (QED) is 0.739. The Kier molecular flexibility index (Phi) is 4.92. The lowest BCUT2D eigenvalue weighted by Crippen LogP contribution is -2.42. The molecule has 5 nitrogen and oxygen atoms in total. The van der Waals surface area contributed by atoms with Gasteiger partial charge in [0.2, 0.25) is 0 Å². The van der Waals surface area contributed by atoms with Crippen molar-refractivity contribution in [1.82, 2.24) is 15.1 Å². The van der Waals surface area contributed by atoms with E-state index < -0.39 is 0 Å². The van der Waals surface area contributed by atoms with Gasteiger partial charge in [-0.15, -0.1) is 0 Å². The largest absolute Gasteiger partial charge is 0.370 e. The first-order valence-electron chi connectivity index (χ1n) is 8.58. The molecule has 7 heteroatoms. The Hall–Kier alpha value is -2.70. The maximum absolute atomic E-state index is 13.1. The minimum atomic E-state index is -0.298. The first kappa shape index (κ1) is 17.7. The molecule has 138 valence electrons. The molecule has 1 amide bonds. The summed E-state index contributed by atoms with van der Waals surface area (Å²) in [5.41, 5.74) is 2.75. The molecule has 1 atom stereocenters. The van der Waals surface area contributed by atoms with Crippen LogP contribution in [-0.2, 0) is 4.74 Å². The number of halogens is 2. The number of rotatable bonds is 3. The van der Waals surface area contributed by atoms with Gasteiger partial charge in [0.25, 0.3) is 5.91 Å². The van der Waals surface area contributed by atoms with E-state index in [1.807, 2.05) is 12.1 Å². The van der Waals surface area contributed by atoms with Crippen LogP contribution >= 0.6 is 11.6 Å². The van der Waals surface area contributed by atoms with E-state index >= 15 is 0 Å². The molecule has 2 aromatic carbocycles. The third-order valence-corrected chi connectivity index (χ3v) is 4.76. The number of aromatic nitrogens is 2. The predicted molar refractivity (Wildman–Crippen MR) is 100 cm³/mol. The number of hydrogen-bond acceptors (Lipinski definition) is 3. The molecule has 0 spiro atoms. The van der Waals surface area contributed by atoms with Crippen molar-refractivity contribution in [2.75, 3.05) is 19.7 Å². The minimum Gasteiger partial charge on any atom is -0.370 e. The van der Waals surface area contributed by atoms with Crippen molar-refractivity contribution in [2.24, 2.45) is 0 Å². The summed E-state index contributed by atoms with van der Waals surface area (Å²) in [4.78, 5) is 14.6. The van der Waals surface area contributed by atoms with Crippen molar-refractivity contribution in [3.8, 4) is 11.3 Å². The van der Waals surface area contributed by atoms with E-state index in [1.165, 1.54) is 12.1 Å². The number of ether oxygens (including phenoxy) is 1. The topological polar surface area (TPSA) is 58.2 Å². The van der Waals surface area contributed by atoms with Crippen LogP contribution in [0.5, 0.6) is 0 Å². The van der Waals surface area contributed by atoms with E-state index in [9.17, 15) is 9.18 Å². The SMILES string of the molecule is O=C(c1cc(-c2cccc(Cl)c2)n[nH]1)N1CCOC(c2ccc(F)cc2)C1. The van der Waals surface area contributed by atoms with Crippen LogP contribution in [0.2, 0.25) is 5.02 Å². The van der Waals surface area contributed by atoms with E-state index in [0.29, 0.717) is 36.1 Å². The van der Waals surface area contributed by atoms with Crippen LogP contribution in [0.15, 0.2) is 54.6 Å². The zero-order valence-corrected chi connectivity index (χ0v) is 15.1. The molecule has 1 unspecified atom stereocenters. The van der Waals surface area contributed by atoms with Gasteiger partial charge in [-0.2, -0.15) is 5.10 Å². The van der Waals surface area contributed by atoms with Crippen molar-refractivity contribution >= 4 is 17.5 Å². The number of carbonyl (C=O) groups is 1. The molecule has 1 fully saturated rings. The van der Waals surface area contributed by atoms with Gasteiger partial charge in [0.1, 0.15) is 17.6 Å². The van der Waals surface area contributed by atoms with E-state index in [2.05, 4.69) is 10.2 Å². The van der Waals surface area contributed by atoms with Gasteiger partial charge >= 0.3 is 0 Å². The van der Waals surface area contributed by atoms with Crippen molar-refractivity contribution in [3.63, 3.8) is 0 Å². The van der Waals surface area contributed by atoms with Crippen LogP contribution in [0.4, 0.5) is 4.39 Å². The summed E-state index contributed by atoms with van der Waals surface area (Å²) in [7, 11) is 0. The number of nitrogens with one attached hydrogen (secondary N) is 1. The molecule has 1 aliphatic rings. The molecule has 0 saturated carbocycles. The number of carbonyl (C=O) groups excluding carboxylic acids is 1. The van der Waals surface area contributed by atoms with E-state index in [0.717, 1.165) is 11.1 Å². The Bertz CT molecular complexity index is 958. The Morgan fingerprint density at radius 2 is 2.04 bits per heavy atom. The highest BCUT2D eigenvalue weighted by Gasteiger charge is 2.27. The van der Waals surface area contributed by atoms with E-state index in [-0.39, 0.29) is 17.8 Å². The normalized spacial score (nSPS) is 17.1. The Morgan fingerprint density at radius 3 is 2.81 bits per heavy atom. The maximum Gasteiger partial charge on any atom is 0.272 e. The monoisotopic (exact) mass is 385 g/mol. The fourth-order valence-electron chi connectivity index (χ4n) is 3.11. The molecule has 1 N–H and O–H groups in total. The molecular formula is C20H17ClFN3O2. The van der Waals surface area contributed by atoms with Gasteiger partial charge in [-0.3, -0.25) is 9.89 Å². The summed E-state index contributed by atoms with van der Waals surface area (Å²) in [5, 5.41) is 7.64. The summed E-state index contributed by atoms with van der Waals surface area (Å²) < 4.78 is 18.9. The molecule has 0 aliphatic carbocycles. The highest BCUT2D eigenvalue weighted by Crippen LogP contribution is 2.25. The highest BCUT2D eigenvalue weighted by atomic mass is 35.5. The second-order valence-electron chi connectivity index (χ2n) is 6.34. The number of aromatic amines is 1. The summed E-state index contributed by atoms with van der Waals surface area (Å²) in [6, 6.07) is 15.2. The Balaban J connectivity index is 1.50. The summed E-state index contributed by atoms with van der Waals surface area (Å²) in [6.45, 7) is 1.31. The molecule has 27 heavy (non-hydrogen) atoms. The Morgan fingerprint density at radius 1 is 1.22 bits per heavy atom. The fourth-order valence-corrected chi connectivity index (χ4v) is 3.30. The lowest BCUT2D eigenvalue weighted by atomic mass is 10.1. The number of H-pyrrole nitrogens is 1. The molecule has 4 rings (SSSR count). The summed E-state index contributed by atoms with van der Waals surface area (Å²) >= 11 is 6.02. The number of benzene rings is 2. The highest BCUT2D eigenvalue weighted by molar-refractivity contribution is 6.30. The maximum atomic E-state index is 13.1. The predicted octanol–water partition coefficient (Wildman–Crippen LogP) is 4.08. The van der Waals surface area contributed by atoms with Crippen LogP contribution in [0.3, 0.4) is 0 Å². The van der Waals surface area contributed by atoms with Crippen molar-refractivity contribution in [3.05, 3.63) is 76.7 Å². The third kappa shape index (κ3) is 3.86.